The molecule has 1 N–H and O–H groups in total. The molecule has 6 nitrogen and oxygen atoms in total. The smallest absolute Gasteiger partial charge is 0.301 e. The van der Waals surface area contributed by atoms with Gasteiger partial charge < -0.3 is 9.63 Å². The minimum atomic E-state index is -0.750. The molecule has 0 bridgehead atoms. The molecule has 1 amide bonds. The van der Waals surface area contributed by atoms with Crippen molar-refractivity contribution in [1.29, 1.82) is 0 Å². The van der Waals surface area contributed by atoms with Crippen LogP contribution in [0, 0.1) is 6.92 Å². The summed E-state index contributed by atoms with van der Waals surface area (Å²) in [5.74, 6) is -0.922. The van der Waals surface area contributed by atoms with E-state index in [1.54, 1.807) is 37.3 Å². The minimum Gasteiger partial charge on any atom is -0.507 e. The van der Waals surface area contributed by atoms with Crippen molar-refractivity contribution < 1.29 is 19.2 Å². The van der Waals surface area contributed by atoms with Crippen LogP contribution in [0.2, 0.25) is 0 Å². The lowest BCUT2D eigenvalue weighted by molar-refractivity contribution is -0.132. The molecule has 1 aromatic carbocycles. The highest BCUT2D eigenvalue weighted by molar-refractivity contribution is 7.10. The van der Waals surface area contributed by atoms with Crippen molar-refractivity contribution in [2.24, 2.45) is 0 Å². The van der Waals surface area contributed by atoms with E-state index in [0.29, 0.717) is 11.3 Å². The van der Waals surface area contributed by atoms with Crippen LogP contribution in [0.5, 0.6) is 0 Å². The maximum Gasteiger partial charge on any atom is 0.301 e. The molecule has 130 valence electrons. The Bertz CT molecular complexity index is 1010. The summed E-state index contributed by atoms with van der Waals surface area (Å²) < 4.78 is 5.08. The first kappa shape index (κ1) is 16.3. The molecule has 4 rings (SSSR count). The summed E-state index contributed by atoms with van der Waals surface area (Å²) in [5.41, 5.74) is 0.521. The summed E-state index contributed by atoms with van der Waals surface area (Å²) in [7, 11) is 0. The number of carbonyl (C=O) groups is 2. The van der Waals surface area contributed by atoms with E-state index in [4.69, 9.17) is 4.52 Å². The lowest BCUT2D eigenvalue weighted by atomic mass is 10.00. The van der Waals surface area contributed by atoms with Crippen molar-refractivity contribution in [2.75, 3.05) is 4.90 Å². The number of aliphatic hydroxyl groups is 1. The second-order valence-electron chi connectivity index (χ2n) is 5.85. The number of aliphatic hydroxyl groups excluding tert-OH is 1. The number of carbonyl (C=O) groups excluding carboxylic acids is 2. The van der Waals surface area contributed by atoms with Crippen LogP contribution in [0.25, 0.3) is 5.76 Å². The van der Waals surface area contributed by atoms with Gasteiger partial charge in [-0.15, -0.1) is 11.3 Å². The molecule has 1 atom stereocenters. The average molecular weight is 366 g/mol. The Hall–Kier alpha value is -3.19. The lowest BCUT2D eigenvalue weighted by Gasteiger charge is -2.21. The van der Waals surface area contributed by atoms with E-state index >= 15 is 0 Å². The molecule has 1 aliphatic heterocycles. The van der Waals surface area contributed by atoms with Gasteiger partial charge in [0.25, 0.3) is 5.78 Å². The third-order valence-corrected chi connectivity index (χ3v) is 5.09. The Labute approximate surface area is 153 Å². The Morgan fingerprint density at radius 1 is 1.19 bits per heavy atom. The Kier molecular flexibility index (Phi) is 3.93. The molecule has 0 unspecified atom stereocenters. The summed E-state index contributed by atoms with van der Waals surface area (Å²) in [6, 6.07) is 13.2. The predicted molar refractivity (Wildman–Crippen MR) is 96.8 cm³/mol. The maximum atomic E-state index is 12.8. The zero-order valence-electron chi connectivity index (χ0n) is 13.7. The van der Waals surface area contributed by atoms with E-state index in [9.17, 15) is 14.7 Å². The maximum absolute atomic E-state index is 12.8. The third-order valence-electron chi connectivity index (χ3n) is 4.17. The van der Waals surface area contributed by atoms with Crippen LogP contribution in [-0.2, 0) is 9.59 Å². The van der Waals surface area contributed by atoms with Gasteiger partial charge in [0.2, 0.25) is 0 Å². The molecule has 3 aromatic rings. The molecule has 3 heterocycles. The molecule has 1 fully saturated rings. The molecule has 1 aliphatic rings. The number of amides is 1. The second kappa shape index (κ2) is 6.27. The molecule has 1 saturated heterocycles. The number of thiophene rings is 1. The number of benzene rings is 1. The van der Waals surface area contributed by atoms with Gasteiger partial charge in [-0.2, -0.15) is 0 Å². The van der Waals surface area contributed by atoms with Gasteiger partial charge in [0.15, 0.2) is 5.82 Å². The molecule has 26 heavy (non-hydrogen) atoms. The quantitative estimate of drug-likeness (QED) is 0.434. The summed E-state index contributed by atoms with van der Waals surface area (Å²) in [5, 5.41) is 16.5. The van der Waals surface area contributed by atoms with E-state index in [1.165, 1.54) is 16.2 Å². The fraction of sp³-hybridized carbons (Fsp3) is 0.105. The number of hydrogen-bond donors (Lipinski definition) is 1. The highest BCUT2D eigenvalue weighted by Crippen LogP contribution is 2.43. The number of hydrogen-bond acceptors (Lipinski definition) is 6. The topological polar surface area (TPSA) is 83.6 Å². The predicted octanol–water partition coefficient (Wildman–Crippen LogP) is 3.67. The zero-order valence-corrected chi connectivity index (χ0v) is 14.6. The van der Waals surface area contributed by atoms with Gasteiger partial charge in [0.05, 0.1) is 5.57 Å². The highest BCUT2D eigenvalue weighted by Gasteiger charge is 2.48. The summed E-state index contributed by atoms with van der Waals surface area (Å²) in [6.45, 7) is 1.71. The molecule has 2 aromatic heterocycles. The monoisotopic (exact) mass is 366 g/mol. The average Bonchev–Trinajstić information content (AvgIpc) is 3.37. The molecule has 0 aliphatic carbocycles. The van der Waals surface area contributed by atoms with E-state index in [0.717, 1.165) is 4.88 Å². The van der Waals surface area contributed by atoms with Crippen LogP contribution in [0.3, 0.4) is 0 Å². The van der Waals surface area contributed by atoms with Crippen molar-refractivity contribution >= 4 is 34.6 Å². The van der Waals surface area contributed by atoms with Crippen LogP contribution >= 0.6 is 11.3 Å². The second-order valence-corrected chi connectivity index (χ2v) is 6.83. The van der Waals surface area contributed by atoms with Crippen molar-refractivity contribution in [3.05, 3.63) is 75.7 Å². The first-order valence-corrected chi connectivity index (χ1v) is 8.79. The number of anilines is 1. The Morgan fingerprint density at radius 3 is 2.58 bits per heavy atom. The molecule has 0 spiro atoms. The van der Waals surface area contributed by atoms with Gasteiger partial charge in [0.1, 0.15) is 17.6 Å². The number of aromatic nitrogens is 1. The van der Waals surface area contributed by atoms with Crippen LogP contribution in [0.15, 0.2) is 64.0 Å². The van der Waals surface area contributed by atoms with Crippen molar-refractivity contribution in [1.82, 2.24) is 5.16 Å². The number of aryl methyl sites for hydroxylation is 1. The normalized spacial score (nSPS) is 19.3. The van der Waals surface area contributed by atoms with Gasteiger partial charge in [-0.05, 0) is 18.4 Å². The van der Waals surface area contributed by atoms with E-state index < -0.39 is 17.7 Å². The highest BCUT2D eigenvalue weighted by atomic mass is 32.1. The fourth-order valence-corrected chi connectivity index (χ4v) is 3.83. The lowest BCUT2D eigenvalue weighted by Crippen LogP contribution is -2.29. The molecule has 0 radical (unpaired) electrons. The van der Waals surface area contributed by atoms with Gasteiger partial charge >= 0.3 is 5.91 Å². The van der Waals surface area contributed by atoms with Crippen LogP contribution in [-0.4, -0.2) is 22.0 Å². The third kappa shape index (κ3) is 2.53. The van der Waals surface area contributed by atoms with Crippen LogP contribution in [0.4, 0.5) is 5.82 Å². The largest absolute Gasteiger partial charge is 0.507 e. The first-order chi connectivity index (χ1) is 12.6. The Balaban J connectivity index is 1.93. The standard InChI is InChI=1S/C19H14N2O4S/c1-11-10-14(20-25-11)21-16(13-8-5-9-26-13)15(18(23)19(21)24)17(22)12-6-3-2-4-7-12/h2-10,16,22H,1H3/t16-/m0/s1. The number of nitrogens with zero attached hydrogens (tertiary/aromatic N) is 2. The summed E-state index contributed by atoms with van der Waals surface area (Å²) in [4.78, 5) is 27.5. The molecule has 0 saturated carbocycles. The van der Waals surface area contributed by atoms with E-state index in [2.05, 4.69) is 5.16 Å². The van der Waals surface area contributed by atoms with Crippen LogP contribution < -0.4 is 4.90 Å². The number of rotatable bonds is 3. The SMILES string of the molecule is Cc1cc(N2C(=O)C(=O)C(=C(O)c3ccccc3)[C@@H]2c2cccs2)no1. The van der Waals surface area contributed by atoms with E-state index in [1.807, 2.05) is 23.6 Å². The van der Waals surface area contributed by atoms with Crippen molar-refractivity contribution in [2.45, 2.75) is 13.0 Å². The Morgan fingerprint density at radius 2 is 1.96 bits per heavy atom. The van der Waals surface area contributed by atoms with Gasteiger partial charge in [0, 0.05) is 16.5 Å². The fourth-order valence-electron chi connectivity index (χ4n) is 3.00. The summed E-state index contributed by atoms with van der Waals surface area (Å²) >= 11 is 1.40. The van der Waals surface area contributed by atoms with E-state index in [-0.39, 0.29) is 17.2 Å². The molecular weight excluding hydrogens is 352 g/mol. The summed E-state index contributed by atoms with van der Waals surface area (Å²) in [6.07, 6.45) is 0. The van der Waals surface area contributed by atoms with Crippen molar-refractivity contribution in [3.8, 4) is 0 Å². The van der Waals surface area contributed by atoms with Crippen molar-refractivity contribution in [3.63, 3.8) is 0 Å². The number of ketones is 1. The molecular formula is C19H14N2O4S. The minimum absolute atomic E-state index is 0.0457. The van der Waals surface area contributed by atoms with Gasteiger partial charge in [-0.1, -0.05) is 41.6 Å². The van der Waals surface area contributed by atoms with Gasteiger partial charge in [-0.3, -0.25) is 14.5 Å². The first-order valence-electron chi connectivity index (χ1n) is 7.91. The van der Waals surface area contributed by atoms with Gasteiger partial charge in [-0.25, -0.2) is 0 Å². The zero-order chi connectivity index (χ0) is 18.3. The molecule has 7 heteroatoms. The number of Topliss-reactive ketones (excluding diaryl/α,β-unsaturated/α-hetero) is 1. The van der Waals surface area contributed by atoms with Crippen LogP contribution in [0.1, 0.15) is 22.2 Å².